The van der Waals surface area contributed by atoms with Gasteiger partial charge in [-0.3, -0.25) is 4.79 Å². The molecule has 0 bridgehead atoms. The summed E-state index contributed by atoms with van der Waals surface area (Å²) in [4.78, 5) is 19.5. The quantitative estimate of drug-likeness (QED) is 0.832. The number of aryl methyl sites for hydroxylation is 2. The molecule has 4 rings (SSSR count). The smallest absolute Gasteiger partial charge is 0.245 e. The fraction of sp³-hybridized carbons (Fsp3) is 0.810. The number of rotatable bonds is 6. The fourth-order valence-electron chi connectivity index (χ4n) is 5.01. The zero-order valence-electron chi connectivity index (χ0n) is 17.0. The summed E-state index contributed by atoms with van der Waals surface area (Å²) in [5.74, 6) is 1.91. The third-order valence-electron chi connectivity index (χ3n) is 7.25. The highest BCUT2D eigenvalue weighted by Crippen LogP contribution is 2.65. The molecule has 3 fully saturated rings. The molecule has 0 radical (unpaired) electrons. The average molecular weight is 372 g/mol. The van der Waals surface area contributed by atoms with E-state index in [9.17, 15) is 4.79 Å². The standard InChI is InChI=1S/C21H33N5O/c1-4-17-18(5-2)24-25-20(23-17)26-11-7-15(8-12-26)14(3)22-19(27)16-13-21(16)9-6-10-21/h14-16H,4-13H2,1-3H3,(H,22,27)/t14-,16?/m1/s1. The molecular weight excluding hydrogens is 338 g/mol. The van der Waals surface area contributed by atoms with Gasteiger partial charge in [0.1, 0.15) is 0 Å². The van der Waals surface area contributed by atoms with Gasteiger partial charge in [-0.2, -0.15) is 5.10 Å². The maximum atomic E-state index is 12.5. The van der Waals surface area contributed by atoms with Crippen molar-refractivity contribution in [2.45, 2.75) is 78.2 Å². The molecule has 1 aliphatic heterocycles. The zero-order chi connectivity index (χ0) is 19.0. The van der Waals surface area contributed by atoms with Crippen LogP contribution in [0.15, 0.2) is 0 Å². The van der Waals surface area contributed by atoms with Crippen molar-refractivity contribution in [2.75, 3.05) is 18.0 Å². The van der Waals surface area contributed by atoms with Gasteiger partial charge in [0.25, 0.3) is 0 Å². The normalized spacial score (nSPS) is 25.1. The van der Waals surface area contributed by atoms with E-state index in [0.717, 1.165) is 62.5 Å². The molecule has 1 unspecified atom stereocenters. The van der Waals surface area contributed by atoms with Crippen LogP contribution in [0.25, 0.3) is 0 Å². The van der Waals surface area contributed by atoms with Crippen molar-refractivity contribution in [1.82, 2.24) is 20.5 Å². The Morgan fingerprint density at radius 2 is 1.89 bits per heavy atom. The number of carbonyl (C=O) groups is 1. The Kier molecular flexibility index (Phi) is 5.08. The van der Waals surface area contributed by atoms with E-state index >= 15 is 0 Å². The van der Waals surface area contributed by atoms with E-state index in [1.165, 1.54) is 19.3 Å². The van der Waals surface area contributed by atoms with Crippen LogP contribution in [-0.2, 0) is 17.6 Å². The van der Waals surface area contributed by atoms with Crippen LogP contribution in [0.2, 0.25) is 0 Å². The Labute approximate surface area is 162 Å². The van der Waals surface area contributed by atoms with Gasteiger partial charge in [0.15, 0.2) is 0 Å². The summed E-state index contributed by atoms with van der Waals surface area (Å²) in [7, 11) is 0. The first-order valence-electron chi connectivity index (χ1n) is 10.8. The molecule has 2 saturated carbocycles. The fourth-order valence-corrected chi connectivity index (χ4v) is 5.01. The minimum Gasteiger partial charge on any atom is -0.353 e. The van der Waals surface area contributed by atoms with Crippen molar-refractivity contribution in [2.24, 2.45) is 17.3 Å². The molecule has 1 aromatic rings. The van der Waals surface area contributed by atoms with Gasteiger partial charge < -0.3 is 10.2 Å². The first-order valence-corrected chi connectivity index (χ1v) is 10.8. The lowest BCUT2D eigenvalue weighted by atomic mass is 9.79. The first-order chi connectivity index (χ1) is 13.1. The number of anilines is 1. The molecule has 2 aliphatic carbocycles. The summed E-state index contributed by atoms with van der Waals surface area (Å²) in [6.45, 7) is 8.28. The largest absolute Gasteiger partial charge is 0.353 e. The van der Waals surface area contributed by atoms with E-state index in [0.29, 0.717) is 23.2 Å². The van der Waals surface area contributed by atoms with Crippen LogP contribution >= 0.6 is 0 Å². The van der Waals surface area contributed by atoms with Crippen LogP contribution < -0.4 is 10.2 Å². The molecule has 0 aromatic carbocycles. The Bertz CT molecular complexity index is 694. The maximum Gasteiger partial charge on any atom is 0.245 e. The third-order valence-corrected chi connectivity index (χ3v) is 7.25. The number of amides is 1. The molecule has 2 heterocycles. The Morgan fingerprint density at radius 1 is 1.19 bits per heavy atom. The summed E-state index contributed by atoms with van der Waals surface area (Å²) >= 11 is 0. The topological polar surface area (TPSA) is 71.0 Å². The number of hydrogen-bond donors (Lipinski definition) is 1. The molecule has 2 atom stereocenters. The molecule has 148 valence electrons. The van der Waals surface area contributed by atoms with Crippen LogP contribution in [0.3, 0.4) is 0 Å². The molecule has 1 saturated heterocycles. The van der Waals surface area contributed by atoms with E-state index in [1.807, 2.05) is 0 Å². The van der Waals surface area contributed by atoms with Crippen molar-refractivity contribution in [1.29, 1.82) is 0 Å². The van der Waals surface area contributed by atoms with Gasteiger partial charge in [-0.15, -0.1) is 5.10 Å². The van der Waals surface area contributed by atoms with Crippen LogP contribution in [-0.4, -0.2) is 40.2 Å². The lowest BCUT2D eigenvalue weighted by Gasteiger charge is -2.35. The average Bonchev–Trinajstić information content (AvgIpc) is 3.44. The predicted molar refractivity (Wildman–Crippen MR) is 106 cm³/mol. The summed E-state index contributed by atoms with van der Waals surface area (Å²) in [6.07, 6.45) is 8.88. The predicted octanol–water partition coefficient (Wildman–Crippen LogP) is 2.91. The van der Waals surface area contributed by atoms with Crippen LogP contribution in [0, 0.1) is 17.3 Å². The van der Waals surface area contributed by atoms with Crippen molar-refractivity contribution in [3.05, 3.63) is 11.4 Å². The number of aromatic nitrogens is 3. The highest BCUT2D eigenvalue weighted by molar-refractivity contribution is 5.83. The second-order valence-corrected chi connectivity index (χ2v) is 8.81. The van der Waals surface area contributed by atoms with E-state index in [-0.39, 0.29) is 6.04 Å². The van der Waals surface area contributed by atoms with Crippen molar-refractivity contribution < 1.29 is 4.79 Å². The monoisotopic (exact) mass is 371 g/mol. The van der Waals surface area contributed by atoms with Gasteiger partial charge in [0.05, 0.1) is 11.4 Å². The molecule has 6 heteroatoms. The SMILES string of the molecule is CCc1nnc(N2CCC([C@@H](C)NC(=O)C3CC34CCC4)CC2)nc1CC. The Hall–Kier alpha value is -1.72. The lowest BCUT2D eigenvalue weighted by molar-refractivity contribution is -0.124. The van der Waals surface area contributed by atoms with Gasteiger partial charge in [0.2, 0.25) is 11.9 Å². The van der Waals surface area contributed by atoms with E-state index in [2.05, 4.69) is 41.2 Å². The summed E-state index contributed by atoms with van der Waals surface area (Å²) in [5.41, 5.74) is 2.50. The Morgan fingerprint density at radius 3 is 2.44 bits per heavy atom. The second-order valence-electron chi connectivity index (χ2n) is 8.81. The lowest BCUT2D eigenvalue weighted by Crippen LogP contribution is -2.45. The van der Waals surface area contributed by atoms with E-state index < -0.39 is 0 Å². The molecule has 1 amide bonds. The van der Waals surface area contributed by atoms with E-state index in [1.54, 1.807) is 0 Å². The molecule has 3 aliphatic rings. The van der Waals surface area contributed by atoms with Gasteiger partial charge in [-0.1, -0.05) is 20.3 Å². The minimum absolute atomic E-state index is 0.255. The summed E-state index contributed by atoms with van der Waals surface area (Å²) in [6, 6.07) is 0.255. The number of carbonyl (C=O) groups excluding carboxylic acids is 1. The summed E-state index contributed by atoms with van der Waals surface area (Å²) < 4.78 is 0. The molecule has 1 spiro atoms. The van der Waals surface area contributed by atoms with E-state index in [4.69, 9.17) is 4.98 Å². The minimum atomic E-state index is 0.255. The number of piperidine rings is 1. The molecule has 1 N–H and O–H groups in total. The van der Waals surface area contributed by atoms with Crippen molar-refractivity contribution >= 4 is 11.9 Å². The zero-order valence-corrected chi connectivity index (χ0v) is 17.0. The van der Waals surface area contributed by atoms with Gasteiger partial charge in [-0.05, 0) is 63.2 Å². The molecule has 6 nitrogen and oxygen atoms in total. The first kappa shape index (κ1) is 18.6. The van der Waals surface area contributed by atoms with Crippen molar-refractivity contribution in [3.63, 3.8) is 0 Å². The van der Waals surface area contributed by atoms with Gasteiger partial charge >= 0.3 is 0 Å². The van der Waals surface area contributed by atoms with Gasteiger partial charge in [-0.25, -0.2) is 4.98 Å². The molecule has 27 heavy (non-hydrogen) atoms. The molecular formula is C21H33N5O. The number of nitrogens with one attached hydrogen (secondary N) is 1. The second kappa shape index (κ2) is 7.36. The molecule has 1 aromatic heterocycles. The highest BCUT2D eigenvalue weighted by atomic mass is 16.2. The van der Waals surface area contributed by atoms with Crippen molar-refractivity contribution in [3.8, 4) is 0 Å². The Balaban J connectivity index is 1.29. The van der Waals surface area contributed by atoms with Crippen LogP contribution in [0.5, 0.6) is 0 Å². The van der Waals surface area contributed by atoms with Crippen LogP contribution in [0.1, 0.15) is 70.7 Å². The number of nitrogens with zero attached hydrogens (tertiary/aromatic N) is 4. The maximum absolute atomic E-state index is 12.5. The third kappa shape index (κ3) is 3.55. The highest BCUT2D eigenvalue weighted by Gasteiger charge is 2.61. The summed E-state index contributed by atoms with van der Waals surface area (Å²) in [5, 5.41) is 12.1. The van der Waals surface area contributed by atoms with Crippen LogP contribution in [0.4, 0.5) is 5.95 Å². The number of hydrogen-bond acceptors (Lipinski definition) is 5. The van der Waals surface area contributed by atoms with Gasteiger partial charge in [0, 0.05) is 25.0 Å².